The number of H-pyrrole nitrogens is 1. The van der Waals surface area contributed by atoms with Crippen molar-refractivity contribution < 1.29 is 14.3 Å². The van der Waals surface area contributed by atoms with Gasteiger partial charge in [0, 0.05) is 29.3 Å². The Morgan fingerprint density at radius 1 is 1.06 bits per heavy atom. The van der Waals surface area contributed by atoms with Gasteiger partial charge in [0.05, 0.1) is 12.5 Å². The molecule has 2 N–H and O–H groups in total. The SMILES string of the molecule is COc1ccc(C2(C(=O)N3CCC[C@@H]3C(=O)Nc3ccc4[nH]ccc4c3)CCCC2)cc1. The van der Waals surface area contributed by atoms with Crippen LogP contribution < -0.4 is 10.1 Å². The lowest BCUT2D eigenvalue weighted by molar-refractivity contribution is -0.141. The van der Waals surface area contributed by atoms with E-state index in [-0.39, 0.29) is 11.8 Å². The van der Waals surface area contributed by atoms with E-state index < -0.39 is 11.5 Å². The molecule has 1 aliphatic heterocycles. The molecule has 3 aromatic rings. The molecule has 6 heteroatoms. The summed E-state index contributed by atoms with van der Waals surface area (Å²) >= 11 is 0. The van der Waals surface area contributed by atoms with Crippen molar-refractivity contribution in [1.29, 1.82) is 0 Å². The minimum Gasteiger partial charge on any atom is -0.497 e. The summed E-state index contributed by atoms with van der Waals surface area (Å²) in [6.07, 6.45) is 7.13. The summed E-state index contributed by atoms with van der Waals surface area (Å²) in [6.45, 7) is 0.631. The van der Waals surface area contributed by atoms with Gasteiger partial charge in [-0.3, -0.25) is 9.59 Å². The summed E-state index contributed by atoms with van der Waals surface area (Å²) in [7, 11) is 1.65. The maximum atomic E-state index is 13.9. The number of methoxy groups -OCH3 is 1. The Labute approximate surface area is 187 Å². The van der Waals surface area contributed by atoms with Gasteiger partial charge in [-0.1, -0.05) is 25.0 Å². The number of aromatic amines is 1. The number of carbonyl (C=O) groups is 2. The van der Waals surface area contributed by atoms with Gasteiger partial charge >= 0.3 is 0 Å². The summed E-state index contributed by atoms with van der Waals surface area (Å²) < 4.78 is 5.30. The number of carbonyl (C=O) groups excluding carboxylic acids is 2. The smallest absolute Gasteiger partial charge is 0.247 e. The third-order valence-electron chi connectivity index (χ3n) is 7.15. The van der Waals surface area contributed by atoms with Crippen molar-refractivity contribution in [3.8, 4) is 5.75 Å². The molecular formula is C26H29N3O3. The van der Waals surface area contributed by atoms with Gasteiger partial charge < -0.3 is 19.9 Å². The van der Waals surface area contributed by atoms with E-state index >= 15 is 0 Å². The van der Waals surface area contributed by atoms with E-state index in [0.29, 0.717) is 13.0 Å². The molecular weight excluding hydrogens is 402 g/mol. The van der Waals surface area contributed by atoms with E-state index in [4.69, 9.17) is 4.74 Å². The van der Waals surface area contributed by atoms with E-state index in [0.717, 1.165) is 60.0 Å². The predicted octanol–water partition coefficient (Wildman–Crippen LogP) is 4.62. The molecule has 1 saturated heterocycles. The van der Waals surface area contributed by atoms with Crippen molar-refractivity contribution in [3.05, 3.63) is 60.3 Å². The molecule has 32 heavy (non-hydrogen) atoms. The molecule has 5 rings (SSSR count). The Morgan fingerprint density at radius 2 is 1.84 bits per heavy atom. The number of rotatable bonds is 5. The number of amides is 2. The van der Waals surface area contributed by atoms with Gasteiger partial charge in [-0.25, -0.2) is 0 Å². The van der Waals surface area contributed by atoms with Gasteiger partial charge in [0.15, 0.2) is 0 Å². The van der Waals surface area contributed by atoms with Crippen LogP contribution in [0.3, 0.4) is 0 Å². The lowest BCUT2D eigenvalue weighted by Crippen LogP contribution is -2.51. The van der Waals surface area contributed by atoms with E-state index in [9.17, 15) is 9.59 Å². The van der Waals surface area contributed by atoms with Crippen LogP contribution in [0.2, 0.25) is 0 Å². The zero-order valence-electron chi connectivity index (χ0n) is 18.4. The lowest BCUT2D eigenvalue weighted by atomic mass is 9.77. The van der Waals surface area contributed by atoms with Gasteiger partial charge in [0.2, 0.25) is 11.8 Å². The number of fused-ring (bicyclic) bond motifs is 1. The largest absolute Gasteiger partial charge is 0.497 e. The number of aromatic nitrogens is 1. The van der Waals surface area contributed by atoms with Crippen molar-refractivity contribution in [2.75, 3.05) is 19.0 Å². The van der Waals surface area contributed by atoms with Crippen LogP contribution in [0.4, 0.5) is 5.69 Å². The minimum atomic E-state index is -0.542. The molecule has 6 nitrogen and oxygen atoms in total. The molecule has 2 aliphatic rings. The quantitative estimate of drug-likeness (QED) is 0.619. The number of likely N-dealkylation sites (tertiary alicyclic amines) is 1. The highest BCUT2D eigenvalue weighted by molar-refractivity contribution is 6.00. The molecule has 1 atom stereocenters. The third-order valence-corrected chi connectivity index (χ3v) is 7.15. The molecule has 2 amide bonds. The molecule has 2 aromatic carbocycles. The fraction of sp³-hybridized carbons (Fsp3) is 0.385. The lowest BCUT2D eigenvalue weighted by Gasteiger charge is -2.35. The first-order valence-electron chi connectivity index (χ1n) is 11.4. The highest BCUT2D eigenvalue weighted by Crippen LogP contribution is 2.44. The first-order valence-corrected chi connectivity index (χ1v) is 11.4. The summed E-state index contributed by atoms with van der Waals surface area (Å²) in [4.78, 5) is 32.2. The molecule has 1 aromatic heterocycles. The van der Waals surface area contributed by atoms with Crippen LogP contribution in [0, 0.1) is 0 Å². The van der Waals surface area contributed by atoms with Crippen LogP contribution in [-0.4, -0.2) is 41.4 Å². The summed E-state index contributed by atoms with van der Waals surface area (Å²) in [5.41, 5.74) is 2.28. The Hall–Kier alpha value is -3.28. The maximum Gasteiger partial charge on any atom is 0.247 e. The number of hydrogen-bond donors (Lipinski definition) is 2. The molecule has 2 heterocycles. The van der Waals surface area contributed by atoms with Gasteiger partial charge in [-0.15, -0.1) is 0 Å². The summed E-state index contributed by atoms with van der Waals surface area (Å²) in [6, 6.07) is 15.2. The van der Waals surface area contributed by atoms with Crippen molar-refractivity contribution in [2.24, 2.45) is 0 Å². The molecule has 0 spiro atoms. The fourth-order valence-electron chi connectivity index (χ4n) is 5.43. The van der Waals surface area contributed by atoms with Crippen LogP contribution in [0.15, 0.2) is 54.7 Å². The fourth-order valence-corrected chi connectivity index (χ4v) is 5.43. The molecule has 0 unspecified atom stereocenters. The standard InChI is InChI=1S/C26H29N3O3/c1-32-21-9-6-19(7-10-21)26(13-2-3-14-26)25(31)29-16-4-5-23(29)24(30)28-20-8-11-22-18(17-20)12-15-27-22/h6-12,15,17,23,27H,2-5,13-14,16H2,1H3,(H,28,30)/t23-/m1/s1. The van der Waals surface area contributed by atoms with Gasteiger partial charge in [0.1, 0.15) is 11.8 Å². The van der Waals surface area contributed by atoms with Crippen LogP contribution in [0.5, 0.6) is 5.75 Å². The molecule has 2 fully saturated rings. The molecule has 0 bridgehead atoms. The highest BCUT2D eigenvalue weighted by Gasteiger charge is 2.48. The van der Waals surface area contributed by atoms with Gasteiger partial charge in [0.25, 0.3) is 0 Å². The van der Waals surface area contributed by atoms with Crippen molar-refractivity contribution in [1.82, 2.24) is 9.88 Å². The highest BCUT2D eigenvalue weighted by atomic mass is 16.5. The van der Waals surface area contributed by atoms with Gasteiger partial charge in [-0.05, 0) is 67.6 Å². The van der Waals surface area contributed by atoms with E-state index in [2.05, 4.69) is 10.3 Å². The normalized spacial score (nSPS) is 19.9. The molecule has 166 valence electrons. The van der Waals surface area contributed by atoms with Crippen LogP contribution in [0.1, 0.15) is 44.1 Å². The summed E-state index contributed by atoms with van der Waals surface area (Å²) in [5.74, 6) is 0.777. The Bertz CT molecular complexity index is 1130. The van der Waals surface area contributed by atoms with Crippen molar-refractivity contribution in [2.45, 2.75) is 50.0 Å². The van der Waals surface area contributed by atoms with Gasteiger partial charge in [-0.2, -0.15) is 0 Å². The number of nitrogens with zero attached hydrogens (tertiary/aromatic N) is 1. The predicted molar refractivity (Wildman–Crippen MR) is 125 cm³/mol. The van der Waals surface area contributed by atoms with E-state index in [1.165, 1.54) is 0 Å². The minimum absolute atomic E-state index is 0.0962. The Morgan fingerprint density at radius 3 is 2.59 bits per heavy atom. The molecule has 1 aliphatic carbocycles. The van der Waals surface area contributed by atoms with Crippen molar-refractivity contribution in [3.63, 3.8) is 0 Å². The topological polar surface area (TPSA) is 74.4 Å². The average molecular weight is 432 g/mol. The molecule has 0 radical (unpaired) electrons. The zero-order chi connectivity index (χ0) is 22.1. The van der Waals surface area contributed by atoms with Crippen LogP contribution in [0.25, 0.3) is 10.9 Å². The second-order valence-electron chi connectivity index (χ2n) is 8.94. The summed E-state index contributed by atoms with van der Waals surface area (Å²) in [5, 5.41) is 4.09. The number of hydrogen-bond acceptors (Lipinski definition) is 3. The first kappa shape index (κ1) is 20.6. The van der Waals surface area contributed by atoms with Crippen molar-refractivity contribution >= 4 is 28.4 Å². The monoisotopic (exact) mass is 431 g/mol. The Kier molecular flexibility index (Phi) is 5.37. The molecule has 1 saturated carbocycles. The van der Waals surface area contributed by atoms with Crippen LogP contribution >= 0.6 is 0 Å². The third kappa shape index (κ3) is 3.53. The van der Waals surface area contributed by atoms with E-state index in [1.54, 1.807) is 7.11 Å². The van der Waals surface area contributed by atoms with E-state index in [1.807, 2.05) is 59.6 Å². The Balaban J connectivity index is 1.38. The average Bonchev–Trinajstić information content (AvgIpc) is 3.59. The zero-order valence-corrected chi connectivity index (χ0v) is 18.4. The number of nitrogens with one attached hydrogen (secondary N) is 2. The second-order valence-corrected chi connectivity index (χ2v) is 8.94. The number of benzene rings is 2. The van der Waals surface area contributed by atoms with Crippen LogP contribution in [-0.2, 0) is 15.0 Å². The maximum absolute atomic E-state index is 13.9. The second kappa shape index (κ2) is 8.34. The number of anilines is 1. The first-order chi connectivity index (χ1) is 15.6. The number of ether oxygens (including phenoxy) is 1.